The predicted molar refractivity (Wildman–Crippen MR) is 78.0 cm³/mol. The topological polar surface area (TPSA) is 58.6 Å². The molecular formula is C16H21NO3. The minimum Gasteiger partial charge on any atom is -0.384 e. The molecular weight excluding hydrogens is 254 g/mol. The molecule has 0 fully saturated rings. The molecule has 0 saturated heterocycles. The average molecular weight is 275 g/mol. The highest BCUT2D eigenvalue weighted by atomic mass is 16.5. The van der Waals surface area contributed by atoms with Crippen LogP contribution < -0.4 is 5.32 Å². The molecule has 0 bridgehead atoms. The molecule has 0 aliphatic heterocycles. The second kappa shape index (κ2) is 9.13. The third kappa shape index (κ3) is 6.37. The van der Waals surface area contributed by atoms with E-state index >= 15 is 0 Å². The summed E-state index contributed by atoms with van der Waals surface area (Å²) in [4.78, 5) is 11.7. The summed E-state index contributed by atoms with van der Waals surface area (Å²) >= 11 is 0. The van der Waals surface area contributed by atoms with Crippen LogP contribution in [0.2, 0.25) is 0 Å². The van der Waals surface area contributed by atoms with Gasteiger partial charge in [-0.1, -0.05) is 24.0 Å². The van der Waals surface area contributed by atoms with E-state index in [1.807, 2.05) is 31.2 Å². The fourth-order valence-corrected chi connectivity index (χ4v) is 1.64. The van der Waals surface area contributed by atoms with Crippen molar-refractivity contribution < 1.29 is 14.6 Å². The molecule has 0 aliphatic carbocycles. The van der Waals surface area contributed by atoms with E-state index in [1.54, 1.807) is 7.11 Å². The van der Waals surface area contributed by atoms with Crippen molar-refractivity contribution in [1.29, 1.82) is 0 Å². The Labute approximate surface area is 120 Å². The molecule has 20 heavy (non-hydrogen) atoms. The lowest BCUT2D eigenvalue weighted by atomic mass is 10.1. The minimum absolute atomic E-state index is 0.0146. The summed E-state index contributed by atoms with van der Waals surface area (Å²) < 4.78 is 5.10. The average Bonchev–Trinajstić information content (AvgIpc) is 2.48. The van der Waals surface area contributed by atoms with E-state index in [2.05, 4.69) is 17.2 Å². The van der Waals surface area contributed by atoms with Gasteiger partial charge in [-0.15, -0.1) is 0 Å². The predicted octanol–water partition coefficient (Wildman–Crippen LogP) is 1.46. The van der Waals surface area contributed by atoms with Crippen LogP contribution in [0.25, 0.3) is 0 Å². The largest absolute Gasteiger partial charge is 0.384 e. The molecule has 1 aromatic carbocycles. The SMILES string of the molecule is COC(C)CCC(=O)NCc1cccc(C#CCO)c1. The van der Waals surface area contributed by atoms with E-state index < -0.39 is 0 Å². The first-order chi connectivity index (χ1) is 9.65. The number of rotatable bonds is 6. The number of benzene rings is 1. The van der Waals surface area contributed by atoms with E-state index in [0.717, 1.165) is 11.1 Å². The molecule has 1 amide bonds. The fraction of sp³-hybridized carbons (Fsp3) is 0.438. The zero-order chi connectivity index (χ0) is 14.8. The van der Waals surface area contributed by atoms with Gasteiger partial charge in [0.2, 0.25) is 5.91 Å². The maximum absolute atomic E-state index is 11.7. The van der Waals surface area contributed by atoms with Crippen LogP contribution in [0.3, 0.4) is 0 Å². The number of hydrogen-bond acceptors (Lipinski definition) is 3. The third-order valence-corrected chi connectivity index (χ3v) is 2.91. The number of aliphatic hydroxyl groups excluding tert-OH is 1. The Balaban J connectivity index is 2.43. The molecule has 0 radical (unpaired) electrons. The first-order valence-electron chi connectivity index (χ1n) is 6.64. The van der Waals surface area contributed by atoms with E-state index in [0.29, 0.717) is 19.4 Å². The molecule has 1 unspecified atom stereocenters. The molecule has 0 spiro atoms. The van der Waals surface area contributed by atoms with E-state index in [-0.39, 0.29) is 18.6 Å². The van der Waals surface area contributed by atoms with Crippen LogP contribution in [0.15, 0.2) is 24.3 Å². The van der Waals surface area contributed by atoms with Crippen LogP contribution in [0.4, 0.5) is 0 Å². The zero-order valence-electron chi connectivity index (χ0n) is 12.0. The number of nitrogens with one attached hydrogen (secondary N) is 1. The second-order valence-corrected chi connectivity index (χ2v) is 4.52. The Morgan fingerprint density at radius 3 is 3.00 bits per heavy atom. The van der Waals surface area contributed by atoms with Crippen molar-refractivity contribution in [3.8, 4) is 11.8 Å². The van der Waals surface area contributed by atoms with Crippen LogP contribution >= 0.6 is 0 Å². The van der Waals surface area contributed by atoms with Gasteiger partial charge in [0.15, 0.2) is 0 Å². The standard InChI is InChI=1S/C16H21NO3/c1-13(20-2)8-9-16(19)17-12-15-6-3-5-14(11-15)7-4-10-18/h3,5-6,11,13,18H,8-10,12H2,1-2H3,(H,17,19). The highest BCUT2D eigenvalue weighted by Crippen LogP contribution is 2.05. The molecule has 0 heterocycles. The molecule has 1 aromatic rings. The van der Waals surface area contributed by atoms with Gasteiger partial charge in [0.25, 0.3) is 0 Å². The summed E-state index contributed by atoms with van der Waals surface area (Å²) in [5, 5.41) is 11.5. The van der Waals surface area contributed by atoms with Crippen LogP contribution in [0.5, 0.6) is 0 Å². The molecule has 4 heteroatoms. The Morgan fingerprint density at radius 2 is 2.30 bits per heavy atom. The Hall–Kier alpha value is -1.83. The van der Waals surface area contributed by atoms with Crippen LogP contribution in [0.1, 0.15) is 30.9 Å². The smallest absolute Gasteiger partial charge is 0.220 e. The summed E-state index contributed by atoms with van der Waals surface area (Å²) in [5.74, 6) is 5.46. The number of hydrogen-bond donors (Lipinski definition) is 2. The minimum atomic E-state index is -0.154. The van der Waals surface area contributed by atoms with Crippen LogP contribution in [-0.2, 0) is 16.1 Å². The van der Waals surface area contributed by atoms with Gasteiger partial charge in [-0.05, 0) is 31.0 Å². The number of amides is 1. The van der Waals surface area contributed by atoms with Crippen LogP contribution in [0, 0.1) is 11.8 Å². The second-order valence-electron chi connectivity index (χ2n) is 4.52. The fourth-order valence-electron chi connectivity index (χ4n) is 1.64. The summed E-state index contributed by atoms with van der Waals surface area (Å²) in [6.07, 6.45) is 1.27. The van der Waals surface area contributed by atoms with Crippen molar-refractivity contribution in [3.63, 3.8) is 0 Å². The van der Waals surface area contributed by atoms with Gasteiger partial charge in [-0.2, -0.15) is 0 Å². The highest BCUT2D eigenvalue weighted by Gasteiger charge is 2.05. The van der Waals surface area contributed by atoms with Gasteiger partial charge in [0.05, 0.1) is 6.10 Å². The van der Waals surface area contributed by atoms with Gasteiger partial charge >= 0.3 is 0 Å². The van der Waals surface area contributed by atoms with E-state index in [4.69, 9.17) is 9.84 Å². The van der Waals surface area contributed by atoms with Crippen molar-refractivity contribution in [3.05, 3.63) is 35.4 Å². The highest BCUT2D eigenvalue weighted by molar-refractivity contribution is 5.75. The Morgan fingerprint density at radius 1 is 1.50 bits per heavy atom. The number of ether oxygens (including phenoxy) is 1. The van der Waals surface area contributed by atoms with Crippen molar-refractivity contribution in [2.24, 2.45) is 0 Å². The normalized spacial score (nSPS) is 11.3. The zero-order valence-corrected chi connectivity index (χ0v) is 12.0. The lowest BCUT2D eigenvalue weighted by Gasteiger charge is -2.09. The number of methoxy groups -OCH3 is 1. The van der Waals surface area contributed by atoms with Crippen molar-refractivity contribution >= 4 is 5.91 Å². The van der Waals surface area contributed by atoms with Gasteiger partial charge in [-0.3, -0.25) is 4.79 Å². The summed E-state index contributed by atoms with van der Waals surface area (Å²) in [7, 11) is 1.64. The van der Waals surface area contributed by atoms with Gasteiger partial charge in [0.1, 0.15) is 6.61 Å². The number of carbonyl (C=O) groups excluding carboxylic acids is 1. The number of aliphatic hydroxyl groups is 1. The van der Waals surface area contributed by atoms with Crippen molar-refractivity contribution in [1.82, 2.24) is 5.32 Å². The monoisotopic (exact) mass is 275 g/mol. The lowest BCUT2D eigenvalue weighted by Crippen LogP contribution is -2.23. The molecule has 0 aliphatic rings. The third-order valence-electron chi connectivity index (χ3n) is 2.91. The number of carbonyl (C=O) groups is 1. The quantitative estimate of drug-likeness (QED) is 0.773. The van der Waals surface area contributed by atoms with Crippen molar-refractivity contribution in [2.45, 2.75) is 32.4 Å². The molecule has 4 nitrogen and oxygen atoms in total. The maximum atomic E-state index is 11.7. The summed E-state index contributed by atoms with van der Waals surface area (Å²) in [6, 6.07) is 7.59. The molecule has 0 saturated carbocycles. The van der Waals surface area contributed by atoms with E-state index in [9.17, 15) is 4.79 Å². The van der Waals surface area contributed by atoms with Crippen molar-refractivity contribution in [2.75, 3.05) is 13.7 Å². The molecule has 1 rings (SSSR count). The Kier molecular flexibility index (Phi) is 7.41. The molecule has 0 aromatic heterocycles. The first kappa shape index (κ1) is 16.2. The van der Waals surface area contributed by atoms with Gasteiger partial charge in [-0.25, -0.2) is 0 Å². The summed E-state index contributed by atoms with van der Waals surface area (Å²) in [6.45, 7) is 2.27. The summed E-state index contributed by atoms with van der Waals surface area (Å²) in [5.41, 5.74) is 1.82. The van der Waals surface area contributed by atoms with E-state index in [1.165, 1.54) is 0 Å². The van der Waals surface area contributed by atoms with Gasteiger partial charge < -0.3 is 15.2 Å². The molecule has 1 atom stereocenters. The van der Waals surface area contributed by atoms with Crippen LogP contribution in [-0.4, -0.2) is 30.8 Å². The molecule has 108 valence electrons. The maximum Gasteiger partial charge on any atom is 0.220 e. The molecule has 2 N–H and O–H groups in total. The first-order valence-corrected chi connectivity index (χ1v) is 6.64. The lowest BCUT2D eigenvalue weighted by molar-refractivity contribution is -0.121. The Bertz CT molecular complexity index is 488. The van der Waals surface area contributed by atoms with Gasteiger partial charge in [0, 0.05) is 25.6 Å².